The van der Waals surface area contributed by atoms with E-state index in [0.29, 0.717) is 26.5 Å². The van der Waals surface area contributed by atoms with Gasteiger partial charge >= 0.3 is 5.97 Å². The number of halogens is 2. The highest BCUT2D eigenvalue weighted by Gasteiger charge is 2.18. The number of methoxy groups -OCH3 is 1. The zero-order chi connectivity index (χ0) is 21.6. The van der Waals surface area contributed by atoms with Crippen LogP contribution in [0.25, 0.3) is 11.3 Å². The molecule has 0 aliphatic heterocycles. The summed E-state index contributed by atoms with van der Waals surface area (Å²) < 4.78 is 4.84. The molecule has 0 aliphatic rings. The Bertz CT molecular complexity index is 967. The lowest BCUT2D eigenvalue weighted by Gasteiger charge is -2.06. The molecule has 4 nitrogen and oxygen atoms in total. The molecule has 29 heavy (non-hydrogen) atoms. The van der Waals surface area contributed by atoms with Gasteiger partial charge in [0.25, 0.3) is 0 Å². The maximum atomic E-state index is 11.9. The first-order valence-corrected chi connectivity index (χ1v) is 11.7. The standard InChI is InChI=1S/C19H18Cl2N2O2S2.C2H6/c1-10(2)8-15-16(11-4-5-12(20)13(21)9-11)23-19(27-15)22-14-6-7-26-17(14)18(24)25-3;1-2/h4-7,9-10H,8H2,1-3H3,(H,22,23);1-2H3. The number of thiophene rings is 1. The monoisotopic (exact) mass is 470 g/mol. The predicted octanol–water partition coefficient (Wildman–Crippen LogP) is 7.93. The molecule has 0 aliphatic carbocycles. The van der Waals surface area contributed by atoms with Gasteiger partial charge in [0.1, 0.15) is 4.88 Å². The Morgan fingerprint density at radius 3 is 2.55 bits per heavy atom. The van der Waals surface area contributed by atoms with Crippen molar-refractivity contribution >= 4 is 62.7 Å². The van der Waals surface area contributed by atoms with Crippen molar-refractivity contribution in [3.05, 3.63) is 49.4 Å². The van der Waals surface area contributed by atoms with Gasteiger partial charge in [-0.3, -0.25) is 0 Å². The molecule has 0 unspecified atom stereocenters. The van der Waals surface area contributed by atoms with E-state index >= 15 is 0 Å². The molecule has 1 N–H and O–H groups in total. The Morgan fingerprint density at radius 1 is 1.21 bits per heavy atom. The Hall–Kier alpha value is -1.60. The van der Waals surface area contributed by atoms with E-state index in [1.54, 1.807) is 17.4 Å². The molecule has 3 aromatic rings. The van der Waals surface area contributed by atoms with Crippen LogP contribution in [-0.2, 0) is 11.2 Å². The molecular formula is C21H24Cl2N2O2S2. The summed E-state index contributed by atoms with van der Waals surface area (Å²) in [6.07, 6.45) is 0.891. The Labute approximate surface area is 189 Å². The van der Waals surface area contributed by atoms with Crippen molar-refractivity contribution in [1.29, 1.82) is 0 Å². The smallest absolute Gasteiger partial charge is 0.350 e. The predicted molar refractivity (Wildman–Crippen MR) is 126 cm³/mol. The number of aromatic nitrogens is 1. The number of hydrogen-bond donors (Lipinski definition) is 1. The minimum Gasteiger partial charge on any atom is -0.465 e. The van der Waals surface area contributed by atoms with Crippen molar-refractivity contribution < 1.29 is 9.53 Å². The van der Waals surface area contributed by atoms with Gasteiger partial charge in [0.2, 0.25) is 0 Å². The van der Waals surface area contributed by atoms with Gasteiger partial charge in [-0.05, 0) is 35.9 Å². The van der Waals surface area contributed by atoms with E-state index < -0.39 is 0 Å². The summed E-state index contributed by atoms with van der Waals surface area (Å²) in [6, 6.07) is 7.37. The minimum absolute atomic E-state index is 0.365. The van der Waals surface area contributed by atoms with E-state index in [4.69, 9.17) is 32.9 Å². The number of hydrogen-bond acceptors (Lipinski definition) is 6. The molecule has 0 fully saturated rings. The van der Waals surface area contributed by atoms with E-state index in [0.717, 1.165) is 27.7 Å². The number of thiazole rings is 1. The van der Waals surface area contributed by atoms with Crippen molar-refractivity contribution in [3.63, 3.8) is 0 Å². The quantitative estimate of drug-likeness (QED) is 0.371. The number of carbonyl (C=O) groups excluding carboxylic acids is 1. The number of benzene rings is 1. The molecule has 0 spiro atoms. The largest absolute Gasteiger partial charge is 0.465 e. The van der Waals surface area contributed by atoms with Gasteiger partial charge in [-0.2, -0.15) is 0 Å². The maximum Gasteiger partial charge on any atom is 0.350 e. The first-order chi connectivity index (χ1) is 13.9. The van der Waals surface area contributed by atoms with Crippen LogP contribution in [0.1, 0.15) is 42.2 Å². The van der Waals surface area contributed by atoms with Crippen molar-refractivity contribution in [2.75, 3.05) is 12.4 Å². The summed E-state index contributed by atoms with van der Waals surface area (Å²) >= 11 is 15.1. The fraction of sp³-hybridized carbons (Fsp3) is 0.333. The Kier molecular flexibility index (Phi) is 8.96. The molecule has 156 valence electrons. The van der Waals surface area contributed by atoms with Gasteiger partial charge in [-0.15, -0.1) is 22.7 Å². The molecule has 0 saturated heterocycles. The molecule has 2 heterocycles. The molecule has 0 saturated carbocycles. The first-order valence-electron chi connectivity index (χ1n) is 9.27. The second-order valence-electron chi connectivity index (χ2n) is 6.30. The van der Waals surface area contributed by atoms with Crippen molar-refractivity contribution in [2.24, 2.45) is 5.92 Å². The second-order valence-corrected chi connectivity index (χ2v) is 9.11. The number of anilines is 2. The molecule has 1 aromatic carbocycles. The second kappa shape index (κ2) is 11.0. The van der Waals surface area contributed by atoms with Crippen LogP contribution in [0.2, 0.25) is 10.0 Å². The van der Waals surface area contributed by atoms with Crippen molar-refractivity contribution in [1.82, 2.24) is 4.98 Å². The highest BCUT2D eigenvalue weighted by atomic mass is 35.5. The van der Waals surface area contributed by atoms with E-state index in [1.807, 2.05) is 37.4 Å². The zero-order valence-electron chi connectivity index (χ0n) is 17.0. The summed E-state index contributed by atoms with van der Waals surface area (Å²) in [5, 5.41) is 6.83. The lowest BCUT2D eigenvalue weighted by Crippen LogP contribution is -2.01. The van der Waals surface area contributed by atoms with Crippen LogP contribution < -0.4 is 5.32 Å². The van der Waals surface area contributed by atoms with Crippen LogP contribution in [0.15, 0.2) is 29.6 Å². The van der Waals surface area contributed by atoms with Gasteiger partial charge in [-0.1, -0.05) is 57.0 Å². The van der Waals surface area contributed by atoms with E-state index in [9.17, 15) is 4.79 Å². The zero-order valence-corrected chi connectivity index (χ0v) is 20.2. The lowest BCUT2D eigenvalue weighted by molar-refractivity contribution is 0.0607. The van der Waals surface area contributed by atoms with Gasteiger partial charge in [-0.25, -0.2) is 9.78 Å². The summed E-state index contributed by atoms with van der Waals surface area (Å²) in [5.41, 5.74) is 2.49. The molecule has 0 amide bonds. The third kappa shape index (κ3) is 5.95. The lowest BCUT2D eigenvalue weighted by atomic mass is 10.0. The molecular weight excluding hydrogens is 447 g/mol. The number of esters is 1. The van der Waals surface area contributed by atoms with Crippen molar-refractivity contribution in [2.45, 2.75) is 34.1 Å². The summed E-state index contributed by atoms with van der Waals surface area (Å²) in [6.45, 7) is 8.33. The fourth-order valence-corrected chi connectivity index (χ4v) is 4.83. The molecule has 3 rings (SSSR count). The summed E-state index contributed by atoms with van der Waals surface area (Å²) in [7, 11) is 1.37. The molecule has 0 atom stereocenters. The van der Waals surface area contributed by atoms with Crippen LogP contribution >= 0.6 is 45.9 Å². The molecule has 2 aromatic heterocycles. The minimum atomic E-state index is -0.365. The summed E-state index contributed by atoms with van der Waals surface area (Å²) in [5.74, 6) is 0.114. The number of nitrogens with zero attached hydrogens (tertiary/aromatic N) is 1. The third-order valence-corrected chi connectivity index (χ3v) is 6.39. The maximum absolute atomic E-state index is 11.9. The average Bonchev–Trinajstić information content (AvgIpc) is 3.32. The van der Waals surface area contributed by atoms with Crippen LogP contribution in [0.4, 0.5) is 10.8 Å². The van der Waals surface area contributed by atoms with Gasteiger partial charge in [0.15, 0.2) is 5.13 Å². The highest BCUT2D eigenvalue weighted by molar-refractivity contribution is 7.16. The number of ether oxygens (including phenoxy) is 1. The topological polar surface area (TPSA) is 51.2 Å². The van der Waals surface area contributed by atoms with Gasteiger partial charge in [0, 0.05) is 10.4 Å². The van der Waals surface area contributed by atoms with E-state index in [-0.39, 0.29) is 5.97 Å². The van der Waals surface area contributed by atoms with E-state index in [1.165, 1.54) is 18.4 Å². The molecule has 0 bridgehead atoms. The molecule has 8 heteroatoms. The average molecular weight is 471 g/mol. The third-order valence-electron chi connectivity index (χ3n) is 3.76. The molecule has 0 radical (unpaired) electrons. The normalized spacial score (nSPS) is 10.5. The SMILES string of the molecule is CC.COC(=O)c1sccc1Nc1nc(-c2ccc(Cl)c(Cl)c2)c(CC(C)C)s1. The van der Waals surface area contributed by atoms with E-state index in [2.05, 4.69) is 19.2 Å². The van der Waals surface area contributed by atoms with Crippen LogP contribution in [0.5, 0.6) is 0 Å². The Balaban J connectivity index is 0.00000145. The Morgan fingerprint density at radius 2 is 1.93 bits per heavy atom. The summed E-state index contributed by atoms with van der Waals surface area (Å²) in [4.78, 5) is 18.3. The van der Waals surface area contributed by atoms with Crippen LogP contribution in [0, 0.1) is 5.92 Å². The van der Waals surface area contributed by atoms with Crippen molar-refractivity contribution in [3.8, 4) is 11.3 Å². The van der Waals surface area contributed by atoms with Gasteiger partial charge in [0.05, 0.1) is 28.5 Å². The first kappa shape index (κ1) is 23.7. The number of carbonyl (C=O) groups is 1. The fourth-order valence-electron chi connectivity index (χ4n) is 2.56. The van der Waals surface area contributed by atoms with Crippen LogP contribution in [-0.4, -0.2) is 18.1 Å². The van der Waals surface area contributed by atoms with Gasteiger partial charge < -0.3 is 10.1 Å². The van der Waals surface area contributed by atoms with Crippen LogP contribution in [0.3, 0.4) is 0 Å². The number of nitrogens with one attached hydrogen (secondary N) is 1. The highest BCUT2D eigenvalue weighted by Crippen LogP contribution is 2.37. The number of rotatable bonds is 6.